The van der Waals surface area contributed by atoms with E-state index in [0.29, 0.717) is 0 Å². The van der Waals surface area contributed by atoms with Crippen LogP contribution in [0.4, 0.5) is 0 Å². The third-order valence-corrected chi connectivity index (χ3v) is 5.05. The van der Waals surface area contributed by atoms with Gasteiger partial charge in [-0.25, -0.2) is 4.98 Å². The first-order valence-corrected chi connectivity index (χ1v) is 8.48. The van der Waals surface area contributed by atoms with Gasteiger partial charge < -0.3 is 5.11 Å². The Morgan fingerprint density at radius 3 is 2.86 bits per heavy atom. The van der Waals surface area contributed by atoms with Crippen LogP contribution in [0.15, 0.2) is 30.3 Å². The lowest BCUT2D eigenvalue weighted by molar-refractivity contribution is -0.138. The molecule has 4 nitrogen and oxygen atoms in total. The molecular weight excluding hydrogens is 296 g/mol. The quantitative estimate of drug-likeness (QED) is 0.890. The molecular formula is C17H20N2O2S. The lowest BCUT2D eigenvalue weighted by atomic mass is 10.1. The van der Waals surface area contributed by atoms with Gasteiger partial charge in [0.1, 0.15) is 0 Å². The Morgan fingerprint density at radius 1 is 1.27 bits per heavy atom. The van der Waals surface area contributed by atoms with Crippen LogP contribution in [0.1, 0.15) is 27.6 Å². The molecule has 22 heavy (non-hydrogen) atoms. The van der Waals surface area contributed by atoms with Crippen molar-refractivity contribution in [3.8, 4) is 0 Å². The van der Waals surface area contributed by atoms with Gasteiger partial charge in [0.05, 0.1) is 17.2 Å². The first kappa shape index (κ1) is 15.2. The van der Waals surface area contributed by atoms with Gasteiger partial charge in [0.15, 0.2) is 0 Å². The highest BCUT2D eigenvalue weighted by atomic mass is 32.1. The predicted molar refractivity (Wildman–Crippen MR) is 87.2 cm³/mol. The number of carbonyl (C=O) groups is 1. The van der Waals surface area contributed by atoms with Crippen LogP contribution in [0, 0.1) is 0 Å². The van der Waals surface area contributed by atoms with E-state index in [2.05, 4.69) is 24.3 Å². The fourth-order valence-corrected chi connectivity index (χ4v) is 4.02. The van der Waals surface area contributed by atoms with Gasteiger partial charge in [0, 0.05) is 24.4 Å². The van der Waals surface area contributed by atoms with E-state index >= 15 is 0 Å². The van der Waals surface area contributed by atoms with E-state index in [4.69, 9.17) is 10.1 Å². The molecule has 3 rings (SSSR count). The van der Waals surface area contributed by atoms with E-state index in [9.17, 15) is 4.79 Å². The zero-order valence-corrected chi connectivity index (χ0v) is 13.3. The molecule has 0 bridgehead atoms. The molecule has 0 atom stereocenters. The summed E-state index contributed by atoms with van der Waals surface area (Å²) in [7, 11) is 0. The zero-order valence-electron chi connectivity index (χ0n) is 12.5. The summed E-state index contributed by atoms with van der Waals surface area (Å²) < 4.78 is 0. The van der Waals surface area contributed by atoms with Crippen LogP contribution >= 0.6 is 11.3 Å². The molecule has 1 aromatic carbocycles. The predicted octanol–water partition coefficient (Wildman–Crippen LogP) is 2.76. The maximum absolute atomic E-state index is 10.8. The number of benzene rings is 1. The second-order valence-electron chi connectivity index (χ2n) is 5.67. The topological polar surface area (TPSA) is 53.4 Å². The van der Waals surface area contributed by atoms with Crippen LogP contribution in [0.25, 0.3) is 0 Å². The Hall–Kier alpha value is -1.72. The van der Waals surface area contributed by atoms with Gasteiger partial charge in [-0.2, -0.15) is 0 Å². The Morgan fingerprint density at radius 2 is 2.09 bits per heavy atom. The van der Waals surface area contributed by atoms with Crippen molar-refractivity contribution in [3.63, 3.8) is 0 Å². The number of hydrogen-bond acceptors (Lipinski definition) is 4. The number of carboxylic acid groups (broad SMARTS) is 1. The summed E-state index contributed by atoms with van der Waals surface area (Å²) in [6.45, 7) is 1.66. The largest absolute Gasteiger partial charge is 0.480 e. The van der Waals surface area contributed by atoms with Gasteiger partial charge in [0.25, 0.3) is 0 Å². The normalized spacial score (nSPS) is 14.7. The summed E-state index contributed by atoms with van der Waals surface area (Å²) in [6.07, 6.45) is 4.06. The maximum Gasteiger partial charge on any atom is 0.317 e. The minimum absolute atomic E-state index is 0.126. The van der Waals surface area contributed by atoms with Gasteiger partial charge in [-0.1, -0.05) is 30.3 Å². The molecule has 1 aromatic heterocycles. The minimum atomic E-state index is -0.754. The van der Waals surface area contributed by atoms with Gasteiger partial charge in [-0.15, -0.1) is 11.3 Å². The molecule has 1 aliphatic heterocycles. The first-order chi connectivity index (χ1) is 10.7. The van der Waals surface area contributed by atoms with Crippen molar-refractivity contribution in [2.45, 2.75) is 32.2 Å². The molecule has 2 aromatic rings. The maximum atomic E-state index is 10.8. The molecule has 0 amide bonds. The number of carboxylic acids is 1. The first-order valence-electron chi connectivity index (χ1n) is 7.66. The lowest BCUT2D eigenvalue weighted by Crippen LogP contribution is -2.34. The summed E-state index contributed by atoms with van der Waals surface area (Å²) in [5.41, 5.74) is 2.55. The SMILES string of the molecule is O=C(O)CN1CCc2nc(CCCc3ccccc3)sc2C1. The molecule has 0 fully saturated rings. The third-order valence-electron chi connectivity index (χ3n) is 3.91. The minimum Gasteiger partial charge on any atom is -0.480 e. The lowest BCUT2D eigenvalue weighted by Gasteiger charge is -2.23. The van der Waals surface area contributed by atoms with Crippen LogP contribution in [0.5, 0.6) is 0 Å². The number of fused-ring (bicyclic) bond motifs is 1. The van der Waals surface area contributed by atoms with Crippen molar-refractivity contribution in [2.24, 2.45) is 0 Å². The van der Waals surface area contributed by atoms with E-state index in [0.717, 1.165) is 38.8 Å². The monoisotopic (exact) mass is 316 g/mol. The van der Waals surface area contributed by atoms with Crippen molar-refractivity contribution in [1.82, 2.24) is 9.88 Å². The molecule has 2 heterocycles. The average molecular weight is 316 g/mol. The molecule has 0 saturated heterocycles. The second-order valence-corrected chi connectivity index (χ2v) is 6.84. The average Bonchev–Trinajstić information content (AvgIpc) is 2.89. The van der Waals surface area contributed by atoms with E-state index in [1.54, 1.807) is 11.3 Å². The van der Waals surface area contributed by atoms with Crippen LogP contribution in [-0.4, -0.2) is 34.0 Å². The fourth-order valence-electron chi connectivity index (χ4n) is 2.82. The molecule has 116 valence electrons. The Balaban J connectivity index is 1.54. The van der Waals surface area contributed by atoms with Crippen molar-refractivity contribution in [1.29, 1.82) is 0 Å². The summed E-state index contributed by atoms with van der Waals surface area (Å²) in [5, 5.41) is 10.1. The van der Waals surface area contributed by atoms with Crippen LogP contribution < -0.4 is 0 Å². The molecule has 1 N–H and O–H groups in total. The van der Waals surface area contributed by atoms with Crippen molar-refractivity contribution >= 4 is 17.3 Å². The second kappa shape index (κ2) is 7.03. The number of aromatic nitrogens is 1. The van der Waals surface area contributed by atoms with E-state index < -0.39 is 5.97 Å². The highest BCUT2D eigenvalue weighted by Gasteiger charge is 2.21. The Labute approximate surface area is 134 Å². The van der Waals surface area contributed by atoms with E-state index in [1.807, 2.05) is 11.0 Å². The third kappa shape index (κ3) is 3.93. The summed E-state index contributed by atoms with van der Waals surface area (Å²) in [5.74, 6) is -0.754. The number of aliphatic carboxylic acids is 1. The summed E-state index contributed by atoms with van der Waals surface area (Å²) in [4.78, 5) is 18.8. The molecule has 0 saturated carbocycles. The molecule has 0 unspecified atom stereocenters. The zero-order chi connectivity index (χ0) is 15.4. The molecule has 5 heteroatoms. The van der Waals surface area contributed by atoms with Crippen molar-refractivity contribution < 1.29 is 9.90 Å². The number of rotatable bonds is 6. The Bertz CT molecular complexity index is 639. The van der Waals surface area contributed by atoms with E-state index in [-0.39, 0.29) is 6.54 Å². The number of thiazole rings is 1. The fraction of sp³-hybridized carbons (Fsp3) is 0.412. The van der Waals surface area contributed by atoms with Crippen molar-refractivity contribution in [2.75, 3.05) is 13.1 Å². The standard InChI is InChI=1S/C17H20N2O2S/c20-17(21)12-19-10-9-14-15(11-19)22-16(18-14)8-4-7-13-5-2-1-3-6-13/h1-3,5-6H,4,7-12H2,(H,20,21). The Kier molecular flexibility index (Phi) is 4.85. The van der Waals surface area contributed by atoms with Gasteiger partial charge >= 0.3 is 5.97 Å². The van der Waals surface area contributed by atoms with Gasteiger partial charge in [-0.05, 0) is 24.8 Å². The summed E-state index contributed by atoms with van der Waals surface area (Å²) in [6, 6.07) is 10.5. The summed E-state index contributed by atoms with van der Waals surface area (Å²) >= 11 is 1.76. The van der Waals surface area contributed by atoms with Crippen LogP contribution in [0.2, 0.25) is 0 Å². The van der Waals surface area contributed by atoms with Crippen LogP contribution in [-0.2, 0) is 30.6 Å². The van der Waals surface area contributed by atoms with Gasteiger partial charge in [0.2, 0.25) is 0 Å². The highest BCUT2D eigenvalue weighted by Crippen LogP contribution is 2.26. The van der Waals surface area contributed by atoms with Crippen molar-refractivity contribution in [3.05, 3.63) is 51.5 Å². The van der Waals surface area contributed by atoms with E-state index in [1.165, 1.54) is 21.1 Å². The highest BCUT2D eigenvalue weighted by molar-refractivity contribution is 7.11. The smallest absolute Gasteiger partial charge is 0.317 e. The van der Waals surface area contributed by atoms with Gasteiger partial charge in [-0.3, -0.25) is 9.69 Å². The number of hydrogen-bond donors (Lipinski definition) is 1. The van der Waals surface area contributed by atoms with Crippen LogP contribution in [0.3, 0.4) is 0 Å². The molecule has 0 radical (unpaired) electrons. The number of nitrogens with zero attached hydrogens (tertiary/aromatic N) is 2. The molecule has 1 aliphatic rings. The molecule has 0 aliphatic carbocycles. The number of aryl methyl sites for hydroxylation is 2. The molecule has 0 spiro atoms.